The number of hydrogen-bond donors (Lipinski definition) is 1. The van der Waals surface area contributed by atoms with Crippen LogP contribution in [0.3, 0.4) is 0 Å². The highest BCUT2D eigenvalue weighted by molar-refractivity contribution is 9.11. The molecule has 1 aliphatic carbocycles. The van der Waals surface area contributed by atoms with Gasteiger partial charge in [-0.25, -0.2) is 0 Å². The van der Waals surface area contributed by atoms with E-state index >= 15 is 0 Å². The van der Waals surface area contributed by atoms with E-state index in [-0.39, 0.29) is 34.4 Å². The van der Waals surface area contributed by atoms with Gasteiger partial charge < -0.3 is 9.74 Å². The minimum atomic E-state index is -2.00. The summed E-state index contributed by atoms with van der Waals surface area (Å²) < 4.78 is 8.08. The summed E-state index contributed by atoms with van der Waals surface area (Å²) in [5, 5.41) is 3.23. The van der Waals surface area contributed by atoms with Gasteiger partial charge in [-0.3, -0.25) is 4.79 Å². The Balaban J connectivity index is 3.06. The number of amides is 1. The Morgan fingerprint density at radius 3 is 2.31 bits per heavy atom. The van der Waals surface area contributed by atoms with Crippen molar-refractivity contribution in [1.29, 1.82) is 0 Å². The molecule has 0 aromatic heterocycles. The Bertz CT molecular complexity index is 847. The molecule has 1 amide bonds. The maximum absolute atomic E-state index is 11.9. The summed E-state index contributed by atoms with van der Waals surface area (Å²) in [6.07, 6.45) is 11.8. The molecule has 0 aliphatic heterocycles. The molecule has 0 spiro atoms. The number of hydrogen-bond acceptors (Lipinski definition) is 2. The maximum atomic E-state index is 11.9. The summed E-state index contributed by atoms with van der Waals surface area (Å²) in [4.78, 5) is 11.9. The van der Waals surface area contributed by atoms with Crippen LogP contribution >= 0.6 is 15.9 Å². The van der Waals surface area contributed by atoms with E-state index in [4.69, 9.17) is 4.43 Å². The Hall–Kier alpha value is -0.833. The lowest BCUT2D eigenvalue weighted by atomic mass is 9.68. The normalized spacial score (nSPS) is 25.9. The van der Waals surface area contributed by atoms with E-state index in [1.807, 2.05) is 6.92 Å². The molecule has 0 radical (unpaired) electrons. The van der Waals surface area contributed by atoms with Crippen LogP contribution in [0.2, 0.25) is 18.1 Å². The second kappa shape index (κ2) is 13.8. The minimum Gasteiger partial charge on any atom is -0.412 e. The van der Waals surface area contributed by atoms with Crippen molar-refractivity contribution in [2.24, 2.45) is 29.1 Å². The fourth-order valence-electron chi connectivity index (χ4n) is 5.10. The first-order valence-electron chi connectivity index (χ1n) is 13.9. The Morgan fingerprint density at radius 2 is 1.78 bits per heavy atom. The molecule has 7 atom stereocenters. The standard InChI is InChI=1S/C31H54BrNO2Si/c1-13-19-31(10)20-15-14-16-27(31)21-28(32)18-17-22(2)23(3)24(4)29(25(5)33-26(6)34)35-36(11,12)30(7,8)9/h17-18,21-25,27,29H,14-16,20H2,1-12H3,(H,33,34)/b18-17+,28-21-/t22-,23-,24+,25-,27-,29+,31-/m1/s1. The van der Waals surface area contributed by atoms with Gasteiger partial charge in [0.05, 0.1) is 12.1 Å². The van der Waals surface area contributed by atoms with Crippen LogP contribution in [0.25, 0.3) is 0 Å². The van der Waals surface area contributed by atoms with Crippen molar-refractivity contribution >= 4 is 30.2 Å². The number of rotatable bonds is 10. The van der Waals surface area contributed by atoms with Gasteiger partial charge in [0.1, 0.15) is 0 Å². The number of carbonyl (C=O) groups excluding carboxylic acids is 1. The molecule has 206 valence electrons. The highest BCUT2D eigenvalue weighted by Gasteiger charge is 2.42. The summed E-state index contributed by atoms with van der Waals surface area (Å²) in [5.74, 6) is 8.17. The molecular formula is C31H54BrNO2Si. The summed E-state index contributed by atoms with van der Waals surface area (Å²) in [6, 6.07) is -0.0412. The van der Waals surface area contributed by atoms with Crippen molar-refractivity contribution in [3.05, 3.63) is 22.7 Å². The van der Waals surface area contributed by atoms with E-state index in [1.165, 1.54) is 25.7 Å². The third kappa shape index (κ3) is 9.48. The molecule has 0 bridgehead atoms. The number of carbonyl (C=O) groups is 1. The Morgan fingerprint density at radius 1 is 1.17 bits per heavy atom. The van der Waals surface area contributed by atoms with E-state index in [0.29, 0.717) is 17.8 Å². The van der Waals surface area contributed by atoms with Crippen molar-refractivity contribution in [1.82, 2.24) is 5.32 Å². The van der Waals surface area contributed by atoms with Crippen LogP contribution in [0.5, 0.6) is 0 Å². The maximum Gasteiger partial charge on any atom is 0.217 e. The van der Waals surface area contributed by atoms with Crippen molar-refractivity contribution in [2.75, 3.05) is 0 Å². The SMILES string of the molecule is CC#C[C@]1(C)CCCC[C@@H]1/C=C(Br)/C=C/[C@@H](C)[C@@H](C)[C@H](C)[C@H](O[Si](C)(C)C(C)(C)C)[C@@H](C)NC(C)=O. The highest BCUT2D eigenvalue weighted by atomic mass is 79.9. The fourth-order valence-corrected chi connectivity index (χ4v) is 7.02. The molecular weight excluding hydrogens is 526 g/mol. The summed E-state index contributed by atoms with van der Waals surface area (Å²) >= 11 is 3.83. The molecule has 1 saturated carbocycles. The fraction of sp³-hybridized carbons (Fsp3) is 0.774. The second-order valence-electron chi connectivity index (χ2n) is 13.0. The van der Waals surface area contributed by atoms with Crippen molar-refractivity contribution < 1.29 is 9.22 Å². The monoisotopic (exact) mass is 579 g/mol. The van der Waals surface area contributed by atoms with Crippen LogP contribution in [0, 0.1) is 40.9 Å². The van der Waals surface area contributed by atoms with Gasteiger partial charge in [0, 0.05) is 16.8 Å². The van der Waals surface area contributed by atoms with E-state index < -0.39 is 8.32 Å². The smallest absolute Gasteiger partial charge is 0.217 e. The predicted octanol–water partition coefficient (Wildman–Crippen LogP) is 8.86. The molecule has 0 saturated heterocycles. The molecule has 5 heteroatoms. The van der Waals surface area contributed by atoms with E-state index in [9.17, 15) is 4.79 Å². The zero-order valence-electron chi connectivity index (χ0n) is 25.2. The first-order chi connectivity index (χ1) is 16.4. The van der Waals surface area contributed by atoms with Crippen LogP contribution in [0.4, 0.5) is 0 Å². The molecule has 1 rings (SSSR count). The van der Waals surface area contributed by atoms with Crippen LogP contribution < -0.4 is 5.32 Å². The predicted molar refractivity (Wildman–Crippen MR) is 163 cm³/mol. The molecule has 3 nitrogen and oxygen atoms in total. The minimum absolute atomic E-state index is 0.00401. The average Bonchev–Trinajstić information content (AvgIpc) is 2.75. The Kier molecular flexibility index (Phi) is 12.7. The van der Waals surface area contributed by atoms with Crippen LogP contribution in [-0.4, -0.2) is 26.4 Å². The third-order valence-electron chi connectivity index (χ3n) is 8.95. The van der Waals surface area contributed by atoms with Gasteiger partial charge >= 0.3 is 0 Å². The lowest BCUT2D eigenvalue weighted by Gasteiger charge is -2.44. The molecule has 1 aliphatic rings. The topological polar surface area (TPSA) is 38.3 Å². The summed E-state index contributed by atoms with van der Waals surface area (Å²) in [7, 11) is -2.00. The van der Waals surface area contributed by atoms with Crippen LogP contribution in [0.1, 0.15) is 94.9 Å². The molecule has 0 unspecified atom stereocenters. The first kappa shape index (κ1) is 33.2. The van der Waals surface area contributed by atoms with Gasteiger partial charge in [-0.2, -0.15) is 0 Å². The number of nitrogens with one attached hydrogen (secondary N) is 1. The molecule has 0 aromatic carbocycles. The van der Waals surface area contributed by atoms with Crippen molar-refractivity contribution in [2.45, 2.75) is 125 Å². The van der Waals surface area contributed by atoms with Crippen LogP contribution in [0.15, 0.2) is 22.7 Å². The van der Waals surface area contributed by atoms with E-state index in [1.54, 1.807) is 6.92 Å². The number of allylic oxidation sites excluding steroid dienone is 4. The zero-order valence-corrected chi connectivity index (χ0v) is 27.8. The van der Waals surface area contributed by atoms with Gasteiger partial charge in [0.25, 0.3) is 0 Å². The van der Waals surface area contributed by atoms with Crippen LogP contribution in [-0.2, 0) is 9.22 Å². The summed E-state index contributed by atoms with van der Waals surface area (Å²) in [5.41, 5.74) is 0.0709. The zero-order chi connectivity index (χ0) is 27.9. The van der Waals surface area contributed by atoms with Gasteiger partial charge in [-0.05, 0) is 75.4 Å². The van der Waals surface area contributed by atoms with Gasteiger partial charge in [0.2, 0.25) is 5.91 Å². The van der Waals surface area contributed by atoms with Gasteiger partial charge in [-0.15, -0.1) is 5.92 Å². The highest BCUT2D eigenvalue weighted by Crippen LogP contribution is 2.43. The van der Waals surface area contributed by atoms with E-state index in [0.717, 1.165) is 4.48 Å². The third-order valence-corrected chi connectivity index (χ3v) is 13.9. The molecule has 1 N–H and O–H groups in total. The number of halogens is 1. The molecule has 0 aromatic rings. The molecule has 0 heterocycles. The lowest BCUT2D eigenvalue weighted by molar-refractivity contribution is -0.120. The second-order valence-corrected chi connectivity index (χ2v) is 18.6. The lowest BCUT2D eigenvalue weighted by Crippen LogP contribution is -2.53. The Labute approximate surface area is 232 Å². The van der Waals surface area contributed by atoms with Gasteiger partial charge in [0.15, 0.2) is 8.32 Å². The molecule has 1 fully saturated rings. The van der Waals surface area contributed by atoms with Crippen molar-refractivity contribution in [3.63, 3.8) is 0 Å². The van der Waals surface area contributed by atoms with Crippen molar-refractivity contribution in [3.8, 4) is 11.8 Å². The quantitative estimate of drug-likeness (QED) is 0.159. The first-order valence-corrected chi connectivity index (χ1v) is 17.6. The molecule has 36 heavy (non-hydrogen) atoms. The van der Waals surface area contributed by atoms with Gasteiger partial charge in [-0.1, -0.05) is 94.5 Å². The summed E-state index contributed by atoms with van der Waals surface area (Å²) in [6.45, 7) is 26.2. The average molecular weight is 581 g/mol. The largest absolute Gasteiger partial charge is 0.412 e. The van der Waals surface area contributed by atoms with E-state index in [2.05, 4.69) is 120 Å².